The van der Waals surface area contributed by atoms with E-state index in [4.69, 9.17) is 16.3 Å². The zero-order chi connectivity index (χ0) is 19.4. The highest BCUT2D eigenvalue weighted by molar-refractivity contribution is 6.32. The van der Waals surface area contributed by atoms with Gasteiger partial charge in [-0.15, -0.1) is 10.2 Å². The van der Waals surface area contributed by atoms with E-state index in [1.54, 1.807) is 47.2 Å². The van der Waals surface area contributed by atoms with Gasteiger partial charge in [-0.2, -0.15) is 0 Å². The van der Waals surface area contributed by atoms with E-state index in [9.17, 15) is 9.59 Å². The number of carbonyl (C=O) groups is 2. The summed E-state index contributed by atoms with van der Waals surface area (Å²) in [5.74, 6) is 0.911. The number of hydrogen-bond acceptors (Lipinski definition) is 6. The number of halogens is 1. The van der Waals surface area contributed by atoms with Crippen LogP contribution in [0.15, 0.2) is 30.3 Å². The number of methoxy groups -OCH3 is 1. The van der Waals surface area contributed by atoms with E-state index in [0.717, 1.165) is 5.69 Å². The van der Waals surface area contributed by atoms with Gasteiger partial charge in [-0.25, -0.2) is 0 Å². The number of hydrogen-bond donors (Lipinski definition) is 1. The Bertz CT molecular complexity index is 835. The topological polar surface area (TPSA) is 87.7 Å². The lowest BCUT2D eigenvalue weighted by atomic mass is 10.2. The normalized spacial score (nSPS) is 14.0. The molecule has 0 aliphatic carbocycles. The van der Waals surface area contributed by atoms with Gasteiger partial charge in [0.15, 0.2) is 11.5 Å². The number of aromatic nitrogens is 2. The fourth-order valence-electron chi connectivity index (χ4n) is 2.79. The molecule has 0 saturated carbocycles. The molecule has 142 valence electrons. The second-order valence-corrected chi connectivity index (χ2v) is 6.48. The molecule has 1 aromatic carbocycles. The summed E-state index contributed by atoms with van der Waals surface area (Å²) in [4.78, 5) is 27.3. The second kappa shape index (κ2) is 8.22. The lowest BCUT2D eigenvalue weighted by Crippen LogP contribution is -2.50. The van der Waals surface area contributed by atoms with Crippen molar-refractivity contribution < 1.29 is 14.3 Å². The van der Waals surface area contributed by atoms with E-state index >= 15 is 0 Å². The highest BCUT2D eigenvalue weighted by Crippen LogP contribution is 2.28. The quantitative estimate of drug-likeness (QED) is 0.862. The molecule has 0 unspecified atom stereocenters. The molecule has 2 heterocycles. The maximum atomic E-state index is 12.5. The maximum absolute atomic E-state index is 12.5. The largest absolute Gasteiger partial charge is 0.495 e. The number of nitrogens with zero attached hydrogens (tertiary/aromatic N) is 4. The summed E-state index contributed by atoms with van der Waals surface area (Å²) < 4.78 is 5.12. The zero-order valence-corrected chi connectivity index (χ0v) is 15.9. The van der Waals surface area contributed by atoms with Crippen LogP contribution in [0, 0.1) is 0 Å². The summed E-state index contributed by atoms with van der Waals surface area (Å²) in [7, 11) is 1.55. The van der Waals surface area contributed by atoms with Crippen LogP contribution >= 0.6 is 11.6 Å². The van der Waals surface area contributed by atoms with E-state index in [-0.39, 0.29) is 17.5 Å². The van der Waals surface area contributed by atoms with Crippen LogP contribution in [-0.4, -0.2) is 65.1 Å². The van der Waals surface area contributed by atoms with Crippen molar-refractivity contribution in [3.63, 3.8) is 0 Å². The molecular formula is C18H20ClN5O3. The van der Waals surface area contributed by atoms with Crippen LogP contribution in [0.5, 0.6) is 5.75 Å². The van der Waals surface area contributed by atoms with Gasteiger partial charge in [0.1, 0.15) is 5.75 Å². The van der Waals surface area contributed by atoms with Gasteiger partial charge in [0.2, 0.25) is 5.91 Å². The van der Waals surface area contributed by atoms with Gasteiger partial charge in [0.25, 0.3) is 5.91 Å². The molecule has 1 saturated heterocycles. The van der Waals surface area contributed by atoms with Crippen molar-refractivity contribution in [1.82, 2.24) is 20.0 Å². The Morgan fingerprint density at radius 3 is 2.33 bits per heavy atom. The van der Waals surface area contributed by atoms with Gasteiger partial charge in [-0.05, 0) is 30.3 Å². The van der Waals surface area contributed by atoms with Crippen LogP contribution < -0.4 is 10.1 Å². The third kappa shape index (κ3) is 4.46. The predicted octanol–water partition coefficient (Wildman–Crippen LogP) is 2.19. The molecule has 9 heteroatoms. The van der Waals surface area contributed by atoms with Crippen molar-refractivity contribution in [3.8, 4) is 5.75 Å². The molecule has 0 bridgehead atoms. The highest BCUT2D eigenvalue weighted by atomic mass is 35.5. The van der Waals surface area contributed by atoms with E-state index in [0.29, 0.717) is 42.8 Å². The fourth-order valence-corrected chi connectivity index (χ4v) is 3.05. The minimum atomic E-state index is -0.190. The van der Waals surface area contributed by atoms with Crippen molar-refractivity contribution in [2.45, 2.75) is 6.92 Å². The van der Waals surface area contributed by atoms with Crippen molar-refractivity contribution in [2.24, 2.45) is 0 Å². The van der Waals surface area contributed by atoms with Gasteiger partial charge >= 0.3 is 0 Å². The number of carbonyl (C=O) groups excluding carboxylic acids is 2. The summed E-state index contributed by atoms with van der Waals surface area (Å²) in [6.07, 6.45) is 0. The van der Waals surface area contributed by atoms with Crippen molar-refractivity contribution in [1.29, 1.82) is 0 Å². The SMILES string of the molecule is COc1ccc(Nc2ccc(C(=O)N3CCN(C(C)=O)CC3)nn2)cc1Cl. The molecule has 8 nitrogen and oxygen atoms in total. The van der Waals surface area contributed by atoms with E-state index < -0.39 is 0 Å². The first-order valence-corrected chi connectivity index (χ1v) is 8.85. The molecule has 0 atom stereocenters. The molecule has 1 aliphatic heterocycles. The van der Waals surface area contributed by atoms with Gasteiger partial charge in [-0.3, -0.25) is 9.59 Å². The molecule has 1 aliphatic rings. The number of ether oxygens (including phenoxy) is 1. The Morgan fingerprint density at radius 1 is 1.07 bits per heavy atom. The molecule has 1 fully saturated rings. The van der Waals surface area contributed by atoms with Crippen LogP contribution in [0.3, 0.4) is 0 Å². The third-order valence-corrected chi connectivity index (χ3v) is 4.62. The first-order chi connectivity index (χ1) is 13.0. The number of piperazine rings is 1. The number of rotatable bonds is 4. The Balaban J connectivity index is 1.62. The molecule has 2 amide bonds. The molecule has 27 heavy (non-hydrogen) atoms. The zero-order valence-electron chi connectivity index (χ0n) is 15.1. The van der Waals surface area contributed by atoms with Crippen LogP contribution in [0.4, 0.5) is 11.5 Å². The lowest BCUT2D eigenvalue weighted by molar-refractivity contribution is -0.130. The van der Waals surface area contributed by atoms with Crippen molar-refractivity contribution >= 4 is 34.9 Å². The fraction of sp³-hybridized carbons (Fsp3) is 0.333. The van der Waals surface area contributed by atoms with E-state index in [2.05, 4.69) is 15.5 Å². The molecule has 1 aromatic heterocycles. The van der Waals surface area contributed by atoms with Gasteiger partial charge in [0, 0.05) is 38.8 Å². The number of benzene rings is 1. The summed E-state index contributed by atoms with van der Waals surface area (Å²) in [5, 5.41) is 11.6. The summed E-state index contributed by atoms with van der Waals surface area (Å²) in [5.41, 5.74) is 0.999. The highest BCUT2D eigenvalue weighted by Gasteiger charge is 2.24. The lowest BCUT2D eigenvalue weighted by Gasteiger charge is -2.33. The number of nitrogens with one attached hydrogen (secondary N) is 1. The van der Waals surface area contributed by atoms with E-state index in [1.807, 2.05) is 0 Å². The van der Waals surface area contributed by atoms with Gasteiger partial charge in [0.05, 0.1) is 12.1 Å². The Kier molecular flexibility index (Phi) is 5.75. The van der Waals surface area contributed by atoms with Gasteiger partial charge < -0.3 is 19.9 Å². The predicted molar refractivity (Wildman–Crippen MR) is 101 cm³/mol. The molecule has 2 aromatic rings. The monoisotopic (exact) mass is 389 g/mol. The minimum absolute atomic E-state index is 0.0240. The summed E-state index contributed by atoms with van der Waals surface area (Å²) in [6, 6.07) is 8.58. The first kappa shape index (κ1) is 18.9. The maximum Gasteiger partial charge on any atom is 0.274 e. The first-order valence-electron chi connectivity index (χ1n) is 8.47. The standard InChI is InChI=1S/C18H20ClN5O3/c1-12(25)23-7-9-24(10-8-23)18(26)15-4-6-17(22-21-15)20-13-3-5-16(27-2)14(19)11-13/h3-6,11H,7-10H2,1-2H3,(H,20,22). The average molecular weight is 390 g/mol. The molecule has 3 rings (SSSR count). The average Bonchev–Trinajstić information content (AvgIpc) is 2.68. The number of anilines is 2. The van der Waals surface area contributed by atoms with Crippen LogP contribution in [0.2, 0.25) is 5.02 Å². The Labute approximate surface area is 162 Å². The summed E-state index contributed by atoms with van der Waals surface area (Å²) in [6.45, 7) is 3.58. The molecule has 0 radical (unpaired) electrons. The minimum Gasteiger partial charge on any atom is -0.495 e. The smallest absolute Gasteiger partial charge is 0.274 e. The molecule has 0 spiro atoms. The molecule has 1 N–H and O–H groups in total. The second-order valence-electron chi connectivity index (χ2n) is 6.08. The van der Waals surface area contributed by atoms with Crippen LogP contribution in [-0.2, 0) is 4.79 Å². The van der Waals surface area contributed by atoms with Crippen LogP contribution in [0.25, 0.3) is 0 Å². The van der Waals surface area contributed by atoms with Crippen molar-refractivity contribution in [3.05, 3.63) is 41.0 Å². The van der Waals surface area contributed by atoms with E-state index in [1.165, 1.54) is 6.92 Å². The van der Waals surface area contributed by atoms with Crippen LogP contribution in [0.1, 0.15) is 17.4 Å². The van der Waals surface area contributed by atoms with Gasteiger partial charge in [-0.1, -0.05) is 11.6 Å². The molecular weight excluding hydrogens is 370 g/mol. The summed E-state index contributed by atoms with van der Waals surface area (Å²) >= 11 is 6.10. The Morgan fingerprint density at radius 2 is 1.78 bits per heavy atom. The Hall–Kier alpha value is -2.87. The third-order valence-electron chi connectivity index (χ3n) is 4.32. The number of amides is 2. The van der Waals surface area contributed by atoms with Crippen molar-refractivity contribution in [2.75, 3.05) is 38.6 Å².